The van der Waals surface area contributed by atoms with Gasteiger partial charge in [0.15, 0.2) is 0 Å². The third-order valence-electron chi connectivity index (χ3n) is 10.6. The molecule has 0 amide bonds. The molecule has 2 nitrogen and oxygen atoms in total. The number of phenols is 2. The van der Waals surface area contributed by atoms with Crippen LogP contribution in [0.1, 0.15) is 93.7 Å². The Morgan fingerprint density at radius 1 is 0.621 bits per heavy atom. The van der Waals surface area contributed by atoms with Gasteiger partial charge >= 0.3 is 0 Å². The molecule has 8 bridgehead atoms. The summed E-state index contributed by atoms with van der Waals surface area (Å²) in [7, 11) is 0. The van der Waals surface area contributed by atoms with Crippen LogP contribution in [-0.4, -0.2) is 10.2 Å². The van der Waals surface area contributed by atoms with Crippen molar-refractivity contribution in [1.82, 2.24) is 0 Å². The van der Waals surface area contributed by atoms with E-state index < -0.39 is 0 Å². The van der Waals surface area contributed by atoms with Crippen molar-refractivity contribution >= 4 is 0 Å². The molecule has 2 N–H and O–H groups in total. The highest BCUT2D eigenvalue weighted by Gasteiger charge is 2.56. The van der Waals surface area contributed by atoms with Crippen LogP contribution in [-0.2, 0) is 10.8 Å². The van der Waals surface area contributed by atoms with Crippen molar-refractivity contribution in [2.24, 2.45) is 35.5 Å². The monoisotopic (exact) mass is 392 g/mol. The van der Waals surface area contributed by atoms with Crippen LogP contribution >= 0.6 is 0 Å². The SMILES string of the molecule is Cc1cc(O)c(C23CC4CC(CC(C4)C2)C3)c(O)c1C12CC3CC(CC(C3)C1)C2. The molecule has 8 fully saturated rings. The van der Waals surface area contributed by atoms with Crippen LogP contribution in [0, 0.1) is 42.4 Å². The molecule has 0 radical (unpaired) electrons. The van der Waals surface area contributed by atoms with Crippen molar-refractivity contribution in [2.75, 3.05) is 0 Å². The second-order valence-corrected chi connectivity index (χ2v) is 12.7. The minimum absolute atomic E-state index is 0.0493. The maximum Gasteiger partial charge on any atom is 0.127 e. The lowest BCUT2D eigenvalue weighted by Crippen LogP contribution is -2.50. The molecule has 1 aromatic carbocycles. The van der Waals surface area contributed by atoms with E-state index >= 15 is 0 Å². The van der Waals surface area contributed by atoms with Gasteiger partial charge in [0.2, 0.25) is 0 Å². The van der Waals surface area contributed by atoms with Gasteiger partial charge in [-0.1, -0.05) is 0 Å². The number of rotatable bonds is 2. The van der Waals surface area contributed by atoms with Crippen molar-refractivity contribution in [3.05, 3.63) is 22.8 Å². The summed E-state index contributed by atoms with van der Waals surface area (Å²) in [5.74, 6) is 6.02. The molecule has 0 aromatic heterocycles. The standard InChI is InChI=1S/C27H36O2/c1-15-2-22(28)24(27-12-19-6-20(13-27)8-21(7-19)14-27)25(29)23(15)26-9-16-3-17(10-26)5-18(4-16)11-26/h2,16-21,28-29H,3-14H2,1H3. The molecule has 8 aliphatic rings. The molecule has 0 unspecified atom stereocenters. The van der Waals surface area contributed by atoms with Crippen LogP contribution in [0.25, 0.3) is 0 Å². The average molecular weight is 393 g/mol. The zero-order valence-corrected chi connectivity index (χ0v) is 17.9. The molecule has 2 heteroatoms. The minimum atomic E-state index is 0.0493. The number of phenolic OH excluding ortho intramolecular Hbond substituents is 2. The third kappa shape index (κ3) is 2.30. The maximum atomic E-state index is 11.9. The van der Waals surface area contributed by atoms with Crippen LogP contribution in [0.3, 0.4) is 0 Å². The number of hydrogen-bond donors (Lipinski definition) is 2. The first-order valence-electron chi connectivity index (χ1n) is 12.5. The molecular formula is C27H36O2. The van der Waals surface area contributed by atoms with Crippen LogP contribution < -0.4 is 0 Å². The summed E-state index contributed by atoms with van der Waals surface area (Å²) in [5, 5.41) is 23.1. The summed E-state index contributed by atoms with van der Waals surface area (Å²) < 4.78 is 0. The fourth-order valence-corrected chi connectivity index (χ4v) is 10.8. The Bertz CT molecular complexity index is 742. The molecule has 156 valence electrons. The normalized spacial score (nSPS) is 49.1. The molecule has 8 saturated carbocycles. The summed E-state index contributed by atoms with van der Waals surface area (Å²) in [6, 6.07) is 2.04. The Hall–Kier alpha value is -1.18. The Morgan fingerprint density at radius 3 is 1.34 bits per heavy atom. The van der Waals surface area contributed by atoms with Gasteiger partial charge in [0.05, 0.1) is 0 Å². The van der Waals surface area contributed by atoms with E-state index in [2.05, 4.69) is 6.92 Å². The highest BCUT2D eigenvalue weighted by Crippen LogP contribution is 2.67. The van der Waals surface area contributed by atoms with E-state index in [4.69, 9.17) is 0 Å². The van der Waals surface area contributed by atoms with E-state index in [-0.39, 0.29) is 10.8 Å². The van der Waals surface area contributed by atoms with Gasteiger partial charge < -0.3 is 10.2 Å². The van der Waals surface area contributed by atoms with E-state index in [1.54, 1.807) is 0 Å². The number of aromatic hydroxyl groups is 2. The summed E-state index contributed by atoms with van der Waals surface area (Å²) in [4.78, 5) is 0. The summed E-state index contributed by atoms with van der Waals surface area (Å²) in [6.07, 6.45) is 15.9. The van der Waals surface area contributed by atoms with Gasteiger partial charge in [-0.2, -0.15) is 0 Å². The van der Waals surface area contributed by atoms with Gasteiger partial charge in [0.25, 0.3) is 0 Å². The number of benzene rings is 1. The molecule has 0 spiro atoms. The minimum Gasteiger partial charge on any atom is -0.507 e. The Balaban J connectivity index is 1.39. The third-order valence-corrected chi connectivity index (χ3v) is 10.6. The summed E-state index contributed by atoms with van der Waals surface area (Å²) in [5.41, 5.74) is 3.63. The van der Waals surface area contributed by atoms with E-state index in [0.717, 1.165) is 46.6 Å². The number of aryl methyl sites for hydroxylation is 1. The fraction of sp³-hybridized carbons (Fsp3) is 0.778. The largest absolute Gasteiger partial charge is 0.507 e. The molecule has 0 aliphatic heterocycles. The second-order valence-electron chi connectivity index (χ2n) is 12.7. The Kier molecular flexibility index (Phi) is 3.34. The molecule has 9 rings (SSSR count). The molecule has 0 atom stereocenters. The predicted molar refractivity (Wildman–Crippen MR) is 114 cm³/mol. The van der Waals surface area contributed by atoms with Crippen molar-refractivity contribution in [3.63, 3.8) is 0 Å². The van der Waals surface area contributed by atoms with Crippen molar-refractivity contribution < 1.29 is 10.2 Å². The lowest BCUT2D eigenvalue weighted by atomic mass is 9.46. The quantitative estimate of drug-likeness (QED) is 0.616. The lowest BCUT2D eigenvalue weighted by molar-refractivity contribution is -0.0111. The second kappa shape index (κ2) is 5.54. The first-order valence-corrected chi connectivity index (χ1v) is 12.5. The van der Waals surface area contributed by atoms with Gasteiger partial charge in [-0.15, -0.1) is 0 Å². The average Bonchev–Trinajstić information content (AvgIpc) is 2.58. The number of hydrogen-bond acceptors (Lipinski definition) is 2. The molecule has 29 heavy (non-hydrogen) atoms. The van der Waals surface area contributed by atoms with Crippen LogP contribution in [0.4, 0.5) is 0 Å². The summed E-state index contributed by atoms with van der Waals surface area (Å²) in [6.45, 7) is 2.15. The van der Waals surface area contributed by atoms with Gasteiger partial charge in [0, 0.05) is 22.0 Å². The van der Waals surface area contributed by atoms with Gasteiger partial charge in [-0.05, 0) is 131 Å². The molecule has 8 aliphatic carbocycles. The maximum absolute atomic E-state index is 11.9. The van der Waals surface area contributed by atoms with Gasteiger partial charge in [-0.25, -0.2) is 0 Å². The molecule has 0 heterocycles. The molecule has 1 aromatic rings. The highest BCUT2D eigenvalue weighted by molar-refractivity contribution is 5.59. The smallest absolute Gasteiger partial charge is 0.127 e. The van der Waals surface area contributed by atoms with Crippen molar-refractivity contribution in [3.8, 4) is 11.5 Å². The molecule has 0 saturated heterocycles. The van der Waals surface area contributed by atoms with E-state index in [0.29, 0.717) is 11.5 Å². The van der Waals surface area contributed by atoms with Gasteiger partial charge in [0.1, 0.15) is 11.5 Å². The highest BCUT2D eigenvalue weighted by atomic mass is 16.3. The van der Waals surface area contributed by atoms with Crippen LogP contribution in [0.15, 0.2) is 6.07 Å². The Labute approximate surface area is 175 Å². The van der Waals surface area contributed by atoms with E-state index in [1.807, 2.05) is 6.07 Å². The lowest BCUT2D eigenvalue weighted by Gasteiger charge is -2.59. The van der Waals surface area contributed by atoms with Crippen molar-refractivity contribution in [1.29, 1.82) is 0 Å². The Morgan fingerprint density at radius 2 is 0.966 bits per heavy atom. The first-order chi connectivity index (χ1) is 13.9. The van der Waals surface area contributed by atoms with Crippen LogP contribution in [0.2, 0.25) is 0 Å². The zero-order valence-electron chi connectivity index (χ0n) is 17.9. The van der Waals surface area contributed by atoms with Crippen LogP contribution in [0.5, 0.6) is 11.5 Å². The fourth-order valence-electron chi connectivity index (χ4n) is 10.8. The van der Waals surface area contributed by atoms with E-state index in [1.165, 1.54) is 82.6 Å². The zero-order chi connectivity index (χ0) is 19.5. The van der Waals surface area contributed by atoms with Crippen molar-refractivity contribution in [2.45, 2.75) is 94.8 Å². The first kappa shape index (κ1) is 17.5. The van der Waals surface area contributed by atoms with E-state index in [9.17, 15) is 10.2 Å². The predicted octanol–water partition coefficient (Wildman–Crippen LogP) is 6.34. The van der Waals surface area contributed by atoms with Gasteiger partial charge in [-0.3, -0.25) is 0 Å². The summed E-state index contributed by atoms with van der Waals surface area (Å²) >= 11 is 0. The topological polar surface area (TPSA) is 40.5 Å². The molecular weight excluding hydrogens is 356 g/mol.